The number of nitrogens with zero attached hydrogens (tertiary/aromatic N) is 4. The summed E-state index contributed by atoms with van der Waals surface area (Å²) in [4.78, 5) is 15.2. The molecule has 0 saturated carbocycles. The fraction of sp³-hybridized carbons (Fsp3) is 0.500. The van der Waals surface area contributed by atoms with Crippen LogP contribution in [0.1, 0.15) is 31.7 Å². The van der Waals surface area contributed by atoms with Crippen molar-refractivity contribution in [3.63, 3.8) is 0 Å². The van der Waals surface area contributed by atoms with Gasteiger partial charge in [-0.25, -0.2) is 9.97 Å². The Morgan fingerprint density at radius 3 is 2.54 bits per heavy atom. The molecule has 0 bridgehead atoms. The summed E-state index contributed by atoms with van der Waals surface area (Å²) >= 11 is 0. The van der Waals surface area contributed by atoms with Crippen LogP contribution in [0.4, 0.5) is 5.95 Å². The summed E-state index contributed by atoms with van der Waals surface area (Å²) < 4.78 is 6.01. The minimum atomic E-state index is 0.292. The zero-order chi connectivity index (χ0) is 16.6. The maximum absolute atomic E-state index is 6.01. The van der Waals surface area contributed by atoms with Gasteiger partial charge in [-0.15, -0.1) is 0 Å². The summed E-state index contributed by atoms with van der Waals surface area (Å²) in [6.45, 7) is 6.00. The number of hydrogen-bond acceptors (Lipinski definition) is 6. The number of nitrogens with one attached hydrogen (secondary N) is 1. The lowest BCUT2D eigenvalue weighted by Gasteiger charge is -2.32. The van der Waals surface area contributed by atoms with Crippen LogP contribution >= 0.6 is 0 Å². The maximum atomic E-state index is 6.01. The summed E-state index contributed by atoms with van der Waals surface area (Å²) in [5.74, 6) is 1.62. The Morgan fingerprint density at radius 2 is 1.88 bits per heavy atom. The quantitative estimate of drug-likeness (QED) is 0.844. The van der Waals surface area contributed by atoms with E-state index in [2.05, 4.69) is 32.1 Å². The first-order valence-electron chi connectivity index (χ1n) is 8.67. The molecule has 0 unspecified atom stereocenters. The molecular weight excluding hydrogens is 302 g/mol. The number of piperidine rings is 1. The van der Waals surface area contributed by atoms with E-state index >= 15 is 0 Å². The maximum Gasteiger partial charge on any atom is 0.222 e. The van der Waals surface area contributed by atoms with Crippen LogP contribution in [0.5, 0.6) is 5.75 Å². The topological polar surface area (TPSA) is 63.2 Å². The van der Waals surface area contributed by atoms with Crippen LogP contribution in [-0.2, 0) is 6.54 Å². The molecule has 3 heterocycles. The van der Waals surface area contributed by atoms with Crippen molar-refractivity contribution in [3.05, 3.63) is 42.5 Å². The van der Waals surface area contributed by atoms with E-state index in [0.29, 0.717) is 12.1 Å². The van der Waals surface area contributed by atoms with Gasteiger partial charge in [-0.3, -0.25) is 9.88 Å². The van der Waals surface area contributed by atoms with Gasteiger partial charge < -0.3 is 10.1 Å². The molecule has 24 heavy (non-hydrogen) atoms. The number of anilines is 1. The molecule has 3 rings (SSSR count). The number of rotatable bonds is 7. The minimum absolute atomic E-state index is 0.292. The van der Waals surface area contributed by atoms with Crippen molar-refractivity contribution in [1.29, 1.82) is 0 Å². The minimum Gasteiger partial charge on any atom is -0.490 e. The van der Waals surface area contributed by atoms with Gasteiger partial charge in [0.2, 0.25) is 5.95 Å². The first-order valence-corrected chi connectivity index (χ1v) is 8.67. The molecule has 6 heteroatoms. The zero-order valence-corrected chi connectivity index (χ0v) is 14.2. The molecule has 1 saturated heterocycles. The molecule has 0 radical (unpaired) electrons. The van der Waals surface area contributed by atoms with E-state index in [-0.39, 0.29) is 0 Å². The highest BCUT2D eigenvalue weighted by atomic mass is 16.5. The van der Waals surface area contributed by atoms with Crippen molar-refractivity contribution in [1.82, 2.24) is 19.9 Å². The van der Waals surface area contributed by atoms with Crippen LogP contribution in [0.3, 0.4) is 0 Å². The van der Waals surface area contributed by atoms with Crippen LogP contribution < -0.4 is 10.1 Å². The van der Waals surface area contributed by atoms with E-state index in [4.69, 9.17) is 4.74 Å². The van der Waals surface area contributed by atoms with Gasteiger partial charge in [0.1, 0.15) is 11.9 Å². The molecule has 1 aliphatic rings. The summed E-state index contributed by atoms with van der Waals surface area (Å²) in [5.41, 5.74) is 1.16. The molecule has 0 spiro atoms. The summed E-state index contributed by atoms with van der Waals surface area (Å²) in [5, 5.41) is 3.20. The summed E-state index contributed by atoms with van der Waals surface area (Å²) in [7, 11) is 0. The fourth-order valence-corrected chi connectivity index (χ4v) is 2.82. The van der Waals surface area contributed by atoms with Crippen LogP contribution in [0.15, 0.2) is 36.9 Å². The Bertz CT molecular complexity index is 597. The number of hydrogen-bond donors (Lipinski definition) is 1. The third kappa shape index (κ3) is 4.89. The molecule has 0 aliphatic carbocycles. The van der Waals surface area contributed by atoms with Crippen molar-refractivity contribution in [2.45, 2.75) is 38.8 Å². The third-order valence-electron chi connectivity index (χ3n) is 4.13. The first-order chi connectivity index (χ1) is 11.8. The van der Waals surface area contributed by atoms with Gasteiger partial charge in [0, 0.05) is 56.5 Å². The molecule has 0 amide bonds. The Balaban J connectivity index is 1.43. The molecular formula is C18H25N5O. The second-order valence-electron chi connectivity index (χ2n) is 6.12. The van der Waals surface area contributed by atoms with Gasteiger partial charge in [-0.05, 0) is 31.4 Å². The lowest BCUT2D eigenvalue weighted by molar-refractivity contribution is 0.0966. The largest absolute Gasteiger partial charge is 0.490 e. The number of ether oxygens (including phenoxy) is 1. The molecule has 128 valence electrons. The summed E-state index contributed by atoms with van der Waals surface area (Å²) in [6.07, 6.45) is 10.8. The molecule has 1 fully saturated rings. The highest BCUT2D eigenvalue weighted by molar-refractivity contribution is 5.24. The van der Waals surface area contributed by atoms with E-state index < -0.39 is 0 Å². The highest BCUT2D eigenvalue weighted by Crippen LogP contribution is 2.19. The average Bonchev–Trinajstić information content (AvgIpc) is 2.64. The second-order valence-corrected chi connectivity index (χ2v) is 6.12. The first kappa shape index (κ1) is 16.6. The average molecular weight is 327 g/mol. The fourth-order valence-electron chi connectivity index (χ4n) is 2.82. The van der Waals surface area contributed by atoms with Crippen LogP contribution in [0, 0.1) is 0 Å². The number of pyridine rings is 1. The Morgan fingerprint density at radius 1 is 1.17 bits per heavy atom. The van der Waals surface area contributed by atoms with Crippen molar-refractivity contribution < 1.29 is 4.74 Å². The van der Waals surface area contributed by atoms with Crippen LogP contribution in [-0.4, -0.2) is 45.6 Å². The molecule has 0 aromatic carbocycles. The number of aromatic nitrogens is 3. The standard InChI is InChI=1S/C18H25N5O/c1-2-7-20-18-21-12-15(13-22-18)14-23-10-5-17(6-11-23)24-16-3-8-19-9-4-16/h3-4,8-9,12-13,17H,2,5-7,10-11,14H2,1H3,(H,20,21,22). The predicted molar refractivity (Wildman–Crippen MR) is 94.0 cm³/mol. The smallest absolute Gasteiger partial charge is 0.222 e. The van der Waals surface area contributed by atoms with E-state index in [9.17, 15) is 0 Å². The molecule has 1 N–H and O–H groups in total. The van der Waals surface area contributed by atoms with Gasteiger partial charge in [-0.2, -0.15) is 0 Å². The van der Waals surface area contributed by atoms with Gasteiger partial charge >= 0.3 is 0 Å². The van der Waals surface area contributed by atoms with E-state index in [0.717, 1.165) is 56.8 Å². The third-order valence-corrected chi connectivity index (χ3v) is 4.13. The van der Waals surface area contributed by atoms with Gasteiger partial charge in [0.25, 0.3) is 0 Å². The van der Waals surface area contributed by atoms with Crippen molar-refractivity contribution in [2.24, 2.45) is 0 Å². The van der Waals surface area contributed by atoms with Crippen LogP contribution in [0.25, 0.3) is 0 Å². The predicted octanol–water partition coefficient (Wildman–Crippen LogP) is 2.74. The molecule has 2 aromatic rings. The molecule has 2 aromatic heterocycles. The molecule has 0 atom stereocenters. The van der Waals surface area contributed by atoms with Crippen molar-refractivity contribution in [2.75, 3.05) is 25.0 Å². The zero-order valence-electron chi connectivity index (χ0n) is 14.2. The van der Waals surface area contributed by atoms with E-state index in [1.807, 2.05) is 24.5 Å². The van der Waals surface area contributed by atoms with Gasteiger partial charge in [0.15, 0.2) is 0 Å². The summed E-state index contributed by atoms with van der Waals surface area (Å²) in [6, 6.07) is 3.83. The lowest BCUT2D eigenvalue weighted by atomic mass is 10.1. The highest BCUT2D eigenvalue weighted by Gasteiger charge is 2.20. The monoisotopic (exact) mass is 327 g/mol. The van der Waals surface area contributed by atoms with E-state index in [1.165, 1.54) is 0 Å². The van der Waals surface area contributed by atoms with Gasteiger partial charge in [0.05, 0.1) is 0 Å². The molecule has 6 nitrogen and oxygen atoms in total. The Hall–Kier alpha value is -2.21. The van der Waals surface area contributed by atoms with Crippen LogP contribution in [0.2, 0.25) is 0 Å². The van der Waals surface area contributed by atoms with Crippen molar-refractivity contribution in [3.8, 4) is 5.75 Å². The van der Waals surface area contributed by atoms with Gasteiger partial charge in [-0.1, -0.05) is 6.92 Å². The SMILES string of the molecule is CCCNc1ncc(CN2CCC(Oc3ccncc3)CC2)cn1. The van der Waals surface area contributed by atoms with Crippen molar-refractivity contribution >= 4 is 5.95 Å². The Kier molecular flexibility index (Phi) is 5.96. The Labute approximate surface area is 143 Å². The van der Waals surface area contributed by atoms with E-state index in [1.54, 1.807) is 12.4 Å². The molecule has 1 aliphatic heterocycles. The normalized spacial score (nSPS) is 16.0. The number of likely N-dealkylation sites (tertiary alicyclic amines) is 1. The lowest BCUT2D eigenvalue weighted by Crippen LogP contribution is -2.37. The second kappa shape index (κ2) is 8.59.